The van der Waals surface area contributed by atoms with Gasteiger partial charge in [-0.25, -0.2) is 18.2 Å². The van der Waals surface area contributed by atoms with Crippen molar-refractivity contribution in [2.75, 3.05) is 4.90 Å². The lowest BCUT2D eigenvalue weighted by molar-refractivity contribution is -0.132. The number of hydrogen-bond acceptors (Lipinski definition) is 6. The molecule has 1 unspecified atom stereocenters. The fourth-order valence-electron chi connectivity index (χ4n) is 3.96. The number of carbonyl (C=O) groups is 2. The van der Waals surface area contributed by atoms with Gasteiger partial charge in [-0.3, -0.25) is 14.5 Å². The molecule has 0 aliphatic carbocycles. The number of phenolic OH excluding ortho intramolecular Hbond substituents is 1. The fraction of sp³-hybridized carbons (Fsp3) is 0.0800. The predicted octanol–water partition coefficient (Wildman–Crippen LogP) is 5.35. The molecule has 2 heterocycles. The number of phenols is 1. The predicted molar refractivity (Wildman–Crippen MR) is 124 cm³/mol. The molecule has 1 aliphatic rings. The number of carbonyl (C=O) groups excluding carboxylic acids is 2. The third-order valence-electron chi connectivity index (χ3n) is 5.71. The molecule has 1 aliphatic heterocycles. The van der Waals surface area contributed by atoms with Gasteiger partial charge in [-0.2, -0.15) is 0 Å². The number of anilines is 1. The molecule has 1 aromatic heterocycles. The van der Waals surface area contributed by atoms with Crippen LogP contribution < -0.4 is 4.90 Å². The molecule has 176 valence electrons. The summed E-state index contributed by atoms with van der Waals surface area (Å²) < 4.78 is 41.5. The highest BCUT2D eigenvalue weighted by atomic mass is 32.1. The maximum Gasteiger partial charge on any atom is 0.301 e. The van der Waals surface area contributed by atoms with E-state index in [0.29, 0.717) is 5.56 Å². The first-order chi connectivity index (χ1) is 16.7. The van der Waals surface area contributed by atoms with Gasteiger partial charge in [0.2, 0.25) is 0 Å². The Kier molecular flexibility index (Phi) is 5.32. The molecule has 0 spiro atoms. The number of aromatic nitrogens is 1. The summed E-state index contributed by atoms with van der Waals surface area (Å²) in [5, 5.41) is 20.8. The van der Waals surface area contributed by atoms with E-state index in [1.807, 2.05) is 0 Å². The van der Waals surface area contributed by atoms with Gasteiger partial charge >= 0.3 is 5.91 Å². The summed E-state index contributed by atoms with van der Waals surface area (Å²) in [7, 11) is 0. The van der Waals surface area contributed by atoms with E-state index in [4.69, 9.17) is 0 Å². The number of benzene rings is 3. The Hall–Kier alpha value is -4.18. The monoisotopic (exact) mass is 496 g/mol. The number of amides is 1. The van der Waals surface area contributed by atoms with Crippen LogP contribution in [0.25, 0.3) is 16.0 Å². The van der Waals surface area contributed by atoms with Crippen molar-refractivity contribution >= 4 is 44.1 Å². The van der Waals surface area contributed by atoms with Gasteiger partial charge in [0.05, 0.1) is 21.8 Å². The average Bonchev–Trinajstić information content (AvgIpc) is 3.33. The number of ketones is 1. The quantitative estimate of drug-likeness (QED) is 0.227. The van der Waals surface area contributed by atoms with Crippen molar-refractivity contribution in [2.45, 2.75) is 13.0 Å². The molecule has 1 amide bonds. The molecule has 35 heavy (non-hydrogen) atoms. The van der Waals surface area contributed by atoms with Crippen LogP contribution in [0.4, 0.5) is 18.3 Å². The second-order valence-corrected chi connectivity index (χ2v) is 8.96. The Morgan fingerprint density at radius 3 is 2.34 bits per heavy atom. The molecule has 2 N–H and O–H groups in total. The molecule has 1 atom stereocenters. The second kappa shape index (κ2) is 8.24. The van der Waals surface area contributed by atoms with Crippen LogP contribution in [0.2, 0.25) is 0 Å². The molecule has 0 radical (unpaired) electrons. The number of thiazole rings is 1. The number of aliphatic hydroxyl groups excluding tert-OH is 1. The van der Waals surface area contributed by atoms with E-state index in [-0.39, 0.29) is 37.8 Å². The van der Waals surface area contributed by atoms with E-state index in [9.17, 15) is 33.0 Å². The Labute approximate surface area is 200 Å². The number of aromatic hydroxyl groups is 1. The molecular formula is C25H15F3N2O4S. The summed E-state index contributed by atoms with van der Waals surface area (Å²) in [6.45, 7) is 1.49. The first kappa shape index (κ1) is 22.6. The highest BCUT2D eigenvalue weighted by Gasteiger charge is 2.48. The maximum atomic E-state index is 13.8. The zero-order chi connectivity index (χ0) is 25.0. The minimum Gasteiger partial charge on any atom is -0.508 e. The highest BCUT2D eigenvalue weighted by Crippen LogP contribution is 2.44. The maximum absolute atomic E-state index is 13.8. The smallest absolute Gasteiger partial charge is 0.301 e. The number of Topliss-reactive ketones (excluding diaryl/α,β-unsaturated/α-hetero) is 1. The SMILES string of the molecule is Cc1cc(/C(O)=C2\C(=O)C(=O)N(c3nc4cc(F)c(F)cc4s3)C2c2ccc(O)cc2)ccc1F. The van der Waals surface area contributed by atoms with Crippen molar-refractivity contribution in [1.82, 2.24) is 4.98 Å². The van der Waals surface area contributed by atoms with Crippen LogP contribution in [-0.2, 0) is 9.59 Å². The fourth-order valence-corrected chi connectivity index (χ4v) is 4.96. The normalized spacial score (nSPS) is 17.5. The Bertz CT molecular complexity index is 1520. The van der Waals surface area contributed by atoms with Crippen LogP contribution in [0.1, 0.15) is 22.7 Å². The number of hydrogen-bond donors (Lipinski definition) is 2. The second-order valence-electron chi connectivity index (χ2n) is 7.96. The lowest BCUT2D eigenvalue weighted by Crippen LogP contribution is -2.29. The summed E-state index contributed by atoms with van der Waals surface area (Å²) >= 11 is 0.871. The van der Waals surface area contributed by atoms with Crippen molar-refractivity contribution in [2.24, 2.45) is 0 Å². The van der Waals surface area contributed by atoms with Crippen molar-refractivity contribution in [1.29, 1.82) is 0 Å². The third-order valence-corrected chi connectivity index (χ3v) is 6.73. The first-order valence-corrected chi connectivity index (χ1v) is 11.1. The van der Waals surface area contributed by atoms with E-state index in [0.717, 1.165) is 34.4 Å². The first-order valence-electron chi connectivity index (χ1n) is 10.3. The summed E-state index contributed by atoms with van der Waals surface area (Å²) in [6.07, 6.45) is 0. The molecule has 0 saturated carbocycles. The molecular weight excluding hydrogens is 481 g/mol. The molecule has 6 nitrogen and oxygen atoms in total. The van der Waals surface area contributed by atoms with E-state index in [2.05, 4.69) is 4.98 Å². The molecule has 0 bridgehead atoms. The van der Waals surface area contributed by atoms with Crippen LogP contribution in [-0.4, -0.2) is 26.9 Å². The van der Waals surface area contributed by atoms with Crippen molar-refractivity contribution < 1.29 is 33.0 Å². The van der Waals surface area contributed by atoms with Crippen LogP contribution in [0.15, 0.2) is 60.2 Å². The van der Waals surface area contributed by atoms with Gasteiger partial charge in [-0.1, -0.05) is 23.5 Å². The average molecular weight is 496 g/mol. The van der Waals surface area contributed by atoms with Crippen LogP contribution in [0.3, 0.4) is 0 Å². The summed E-state index contributed by atoms with van der Waals surface area (Å²) in [5.74, 6) is -5.32. The molecule has 1 fully saturated rings. The number of nitrogens with zero attached hydrogens (tertiary/aromatic N) is 2. The molecule has 1 saturated heterocycles. The standard InChI is InChI=1S/C25H15F3N2O4S/c1-11-8-13(4-7-15(11)26)22(32)20-21(12-2-5-14(31)6-3-12)30(24(34)23(20)33)25-29-18-9-16(27)17(28)10-19(18)35-25/h2-10,21,31-32H,1H3/b22-20+. The number of aryl methyl sites for hydroxylation is 1. The summed E-state index contributed by atoms with van der Waals surface area (Å²) in [4.78, 5) is 31.6. The molecule has 10 heteroatoms. The lowest BCUT2D eigenvalue weighted by Gasteiger charge is -2.23. The zero-order valence-electron chi connectivity index (χ0n) is 17.9. The van der Waals surface area contributed by atoms with E-state index in [1.54, 1.807) is 0 Å². The van der Waals surface area contributed by atoms with Gasteiger partial charge < -0.3 is 10.2 Å². The number of halogens is 3. The van der Waals surface area contributed by atoms with Crippen molar-refractivity contribution in [3.63, 3.8) is 0 Å². The molecule has 3 aromatic carbocycles. The van der Waals surface area contributed by atoms with Crippen LogP contribution >= 0.6 is 11.3 Å². The van der Waals surface area contributed by atoms with Crippen molar-refractivity contribution in [3.8, 4) is 5.75 Å². The molecule has 5 rings (SSSR count). The number of aliphatic hydroxyl groups is 1. The summed E-state index contributed by atoms with van der Waals surface area (Å²) in [5.41, 5.74) is 0.519. The van der Waals surface area contributed by atoms with E-state index in [1.165, 1.54) is 43.3 Å². The minimum atomic E-state index is -1.17. The highest BCUT2D eigenvalue weighted by molar-refractivity contribution is 7.22. The molecule has 4 aromatic rings. The van der Waals surface area contributed by atoms with Gasteiger partial charge in [0, 0.05) is 11.6 Å². The summed E-state index contributed by atoms with van der Waals surface area (Å²) in [6, 6.07) is 10.0. The third kappa shape index (κ3) is 3.71. The van der Waals surface area contributed by atoms with Gasteiger partial charge in [-0.15, -0.1) is 0 Å². The minimum absolute atomic E-state index is 0.0143. The van der Waals surface area contributed by atoms with E-state index >= 15 is 0 Å². The van der Waals surface area contributed by atoms with Gasteiger partial charge in [0.15, 0.2) is 16.8 Å². The van der Waals surface area contributed by atoms with Gasteiger partial charge in [0.1, 0.15) is 17.3 Å². The lowest BCUT2D eigenvalue weighted by atomic mass is 9.95. The van der Waals surface area contributed by atoms with Crippen LogP contribution in [0, 0.1) is 24.4 Å². The number of rotatable bonds is 3. The van der Waals surface area contributed by atoms with E-state index < -0.39 is 40.9 Å². The van der Waals surface area contributed by atoms with Gasteiger partial charge in [-0.05, 0) is 54.4 Å². The van der Waals surface area contributed by atoms with Crippen molar-refractivity contribution in [3.05, 3.63) is 94.3 Å². The zero-order valence-corrected chi connectivity index (χ0v) is 18.7. The van der Waals surface area contributed by atoms with Crippen LogP contribution in [0.5, 0.6) is 5.75 Å². The Morgan fingerprint density at radius 1 is 0.971 bits per heavy atom. The topological polar surface area (TPSA) is 90.7 Å². The number of fused-ring (bicyclic) bond motifs is 1. The Morgan fingerprint density at radius 2 is 1.66 bits per heavy atom. The Balaban J connectivity index is 1.74. The largest absolute Gasteiger partial charge is 0.508 e. The van der Waals surface area contributed by atoms with Gasteiger partial charge in [0.25, 0.3) is 5.78 Å².